The Labute approximate surface area is 150 Å². The number of nitrogens with zero attached hydrogens (tertiary/aromatic N) is 2. The van der Waals surface area contributed by atoms with Crippen LogP contribution in [0.3, 0.4) is 0 Å². The Morgan fingerprint density at radius 1 is 1.23 bits per heavy atom. The SMILES string of the molecule is C=C(c1ccc([N+](=O)[O-])cn1)[C@H](CC(=O)c1ccccc1)C(=O)OCC. The summed E-state index contributed by atoms with van der Waals surface area (Å²) < 4.78 is 5.06. The molecule has 26 heavy (non-hydrogen) atoms. The van der Waals surface area contributed by atoms with Crippen molar-refractivity contribution in [2.75, 3.05) is 6.61 Å². The fourth-order valence-electron chi connectivity index (χ4n) is 2.38. The van der Waals surface area contributed by atoms with Crippen LogP contribution in [0.25, 0.3) is 5.57 Å². The number of Topliss-reactive ketones (excluding diaryl/α,β-unsaturated/α-hetero) is 1. The number of ketones is 1. The number of esters is 1. The van der Waals surface area contributed by atoms with E-state index >= 15 is 0 Å². The third kappa shape index (κ3) is 4.60. The molecule has 7 nitrogen and oxygen atoms in total. The number of ether oxygens (including phenoxy) is 1. The van der Waals surface area contributed by atoms with Crippen molar-refractivity contribution in [3.8, 4) is 0 Å². The van der Waals surface area contributed by atoms with Crippen LogP contribution < -0.4 is 0 Å². The quantitative estimate of drug-likeness (QED) is 0.311. The minimum atomic E-state index is -0.920. The van der Waals surface area contributed by atoms with Crippen LogP contribution in [0.1, 0.15) is 29.4 Å². The maximum atomic E-state index is 12.5. The summed E-state index contributed by atoms with van der Waals surface area (Å²) in [6.45, 7) is 5.69. The lowest BCUT2D eigenvalue weighted by atomic mass is 9.90. The third-order valence-corrected chi connectivity index (χ3v) is 3.76. The molecule has 0 unspecified atom stereocenters. The van der Waals surface area contributed by atoms with E-state index in [-0.39, 0.29) is 30.1 Å². The number of carbonyl (C=O) groups excluding carboxylic acids is 2. The third-order valence-electron chi connectivity index (χ3n) is 3.76. The van der Waals surface area contributed by atoms with Gasteiger partial charge in [0.25, 0.3) is 5.69 Å². The summed E-state index contributed by atoms with van der Waals surface area (Å²) in [6.07, 6.45) is 0.960. The lowest BCUT2D eigenvalue weighted by molar-refractivity contribution is -0.385. The summed E-state index contributed by atoms with van der Waals surface area (Å²) in [5, 5.41) is 10.7. The van der Waals surface area contributed by atoms with E-state index < -0.39 is 16.8 Å². The van der Waals surface area contributed by atoms with E-state index in [0.717, 1.165) is 6.20 Å². The largest absolute Gasteiger partial charge is 0.466 e. The smallest absolute Gasteiger partial charge is 0.313 e. The van der Waals surface area contributed by atoms with Crippen molar-refractivity contribution in [3.05, 3.63) is 76.6 Å². The number of carbonyl (C=O) groups is 2. The zero-order valence-corrected chi connectivity index (χ0v) is 14.3. The van der Waals surface area contributed by atoms with Crippen LogP contribution in [0.5, 0.6) is 0 Å². The van der Waals surface area contributed by atoms with E-state index in [4.69, 9.17) is 4.74 Å². The lowest BCUT2D eigenvalue weighted by Gasteiger charge is -2.17. The van der Waals surface area contributed by atoms with Crippen molar-refractivity contribution in [2.45, 2.75) is 13.3 Å². The summed E-state index contributed by atoms with van der Waals surface area (Å²) in [6, 6.07) is 11.3. The zero-order chi connectivity index (χ0) is 19.1. The van der Waals surface area contributed by atoms with Crippen LogP contribution in [0.4, 0.5) is 5.69 Å². The van der Waals surface area contributed by atoms with Crippen LogP contribution in [-0.2, 0) is 9.53 Å². The molecule has 134 valence electrons. The van der Waals surface area contributed by atoms with Crippen molar-refractivity contribution in [1.82, 2.24) is 4.98 Å². The highest BCUT2D eigenvalue weighted by molar-refractivity contribution is 6.01. The molecule has 0 aliphatic carbocycles. The van der Waals surface area contributed by atoms with E-state index in [9.17, 15) is 19.7 Å². The molecule has 2 aromatic rings. The molecule has 1 heterocycles. The van der Waals surface area contributed by atoms with E-state index in [0.29, 0.717) is 11.3 Å². The molecule has 0 aliphatic rings. The lowest BCUT2D eigenvalue weighted by Crippen LogP contribution is -2.22. The number of hydrogen-bond acceptors (Lipinski definition) is 6. The van der Waals surface area contributed by atoms with Gasteiger partial charge >= 0.3 is 5.97 Å². The monoisotopic (exact) mass is 354 g/mol. The van der Waals surface area contributed by atoms with Gasteiger partial charge in [-0.25, -0.2) is 4.98 Å². The Bertz CT molecular complexity index is 816. The summed E-state index contributed by atoms with van der Waals surface area (Å²) in [7, 11) is 0. The highest BCUT2D eigenvalue weighted by Gasteiger charge is 2.28. The molecule has 0 radical (unpaired) electrons. The van der Waals surface area contributed by atoms with Crippen LogP contribution in [-0.4, -0.2) is 28.3 Å². The molecule has 0 aliphatic heterocycles. The predicted octanol–water partition coefficient (Wildman–Crippen LogP) is 3.46. The Hall–Kier alpha value is -3.35. The second-order valence-corrected chi connectivity index (χ2v) is 5.48. The molecule has 0 N–H and O–H groups in total. The summed E-state index contributed by atoms with van der Waals surface area (Å²) in [5.41, 5.74) is 0.887. The Balaban J connectivity index is 2.25. The molecule has 2 rings (SSSR count). The fourth-order valence-corrected chi connectivity index (χ4v) is 2.38. The number of pyridine rings is 1. The van der Waals surface area contributed by atoms with Crippen LogP contribution >= 0.6 is 0 Å². The van der Waals surface area contributed by atoms with Crippen LogP contribution in [0.2, 0.25) is 0 Å². The summed E-state index contributed by atoms with van der Waals surface area (Å²) in [5.74, 6) is -1.73. The minimum Gasteiger partial charge on any atom is -0.466 e. The first kappa shape index (κ1) is 19.0. The van der Waals surface area contributed by atoms with Gasteiger partial charge in [0.05, 0.1) is 23.1 Å². The molecule has 1 atom stereocenters. The molecule has 0 bridgehead atoms. The van der Waals surface area contributed by atoms with Gasteiger partial charge in [-0.3, -0.25) is 19.7 Å². The summed E-state index contributed by atoms with van der Waals surface area (Å²) >= 11 is 0. The second-order valence-electron chi connectivity index (χ2n) is 5.48. The Morgan fingerprint density at radius 2 is 1.92 bits per heavy atom. The van der Waals surface area contributed by atoms with Gasteiger partial charge in [0.1, 0.15) is 6.20 Å². The zero-order valence-electron chi connectivity index (χ0n) is 14.3. The minimum absolute atomic E-state index is 0.125. The normalized spacial score (nSPS) is 11.4. The van der Waals surface area contributed by atoms with Gasteiger partial charge in [-0.1, -0.05) is 36.9 Å². The average Bonchev–Trinajstić information content (AvgIpc) is 2.66. The standard InChI is InChI=1S/C19H18N2O5/c1-3-26-19(23)16(11-18(22)14-7-5-4-6-8-14)13(2)17-10-9-15(12-20-17)21(24)25/h4-10,12,16H,2-3,11H2,1H3/t16-/m0/s1. The topological polar surface area (TPSA) is 99.4 Å². The van der Waals surface area contributed by atoms with Crippen LogP contribution in [0, 0.1) is 16.0 Å². The van der Waals surface area contributed by atoms with E-state index in [1.165, 1.54) is 12.1 Å². The first-order chi connectivity index (χ1) is 12.4. The van der Waals surface area contributed by atoms with Crippen molar-refractivity contribution < 1.29 is 19.2 Å². The molecule has 0 amide bonds. The molecule has 0 saturated carbocycles. The predicted molar refractivity (Wildman–Crippen MR) is 95.4 cm³/mol. The van der Waals surface area contributed by atoms with Crippen LogP contribution in [0.15, 0.2) is 55.2 Å². The average molecular weight is 354 g/mol. The van der Waals surface area contributed by atoms with Gasteiger partial charge in [0.15, 0.2) is 5.78 Å². The second kappa shape index (κ2) is 8.66. The van der Waals surface area contributed by atoms with Gasteiger partial charge in [-0.05, 0) is 18.6 Å². The first-order valence-electron chi connectivity index (χ1n) is 7.98. The van der Waals surface area contributed by atoms with Crippen molar-refractivity contribution in [2.24, 2.45) is 5.92 Å². The molecule has 0 saturated heterocycles. The Morgan fingerprint density at radius 3 is 2.46 bits per heavy atom. The highest BCUT2D eigenvalue weighted by atomic mass is 16.6. The van der Waals surface area contributed by atoms with Gasteiger partial charge < -0.3 is 4.74 Å². The number of aromatic nitrogens is 1. The maximum Gasteiger partial charge on any atom is 0.313 e. The van der Waals surface area contributed by atoms with Crippen molar-refractivity contribution in [3.63, 3.8) is 0 Å². The molecule has 0 fully saturated rings. The number of nitro groups is 1. The summed E-state index contributed by atoms with van der Waals surface area (Å²) in [4.78, 5) is 39.0. The fraction of sp³-hybridized carbons (Fsp3) is 0.211. The number of hydrogen-bond donors (Lipinski definition) is 0. The first-order valence-corrected chi connectivity index (χ1v) is 7.98. The number of benzene rings is 1. The van der Waals surface area contributed by atoms with Gasteiger partial charge in [0, 0.05) is 18.1 Å². The van der Waals surface area contributed by atoms with Gasteiger partial charge in [-0.2, -0.15) is 0 Å². The van der Waals surface area contributed by atoms with Crippen molar-refractivity contribution in [1.29, 1.82) is 0 Å². The molecular weight excluding hydrogens is 336 g/mol. The van der Waals surface area contributed by atoms with Crippen molar-refractivity contribution >= 4 is 23.0 Å². The Kier molecular flexibility index (Phi) is 6.32. The molecule has 1 aromatic heterocycles. The maximum absolute atomic E-state index is 12.5. The molecule has 1 aromatic carbocycles. The molecule has 7 heteroatoms. The van der Waals surface area contributed by atoms with Gasteiger partial charge in [0.2, 0.25) is 0 Å². The van der Waals surface area contributed by atoms with E-state index in [1.54, 1.807) is 37.3 Å². The van der Waals surface area contributed by atoms with Gasteiger partial charge in [-0.15, -0.1) is 0 Å². The molecule has 0 spiro atoms. The number of rotatable bonds is 8. The molecular formula is C19H18N2O5. The van der Waals surface area contributed by atoms with E-state index in [1.807, 2.05) is 0 Å². The highest BCUT2D eigenvalue weighted by Crippen LogP contribution is 2.27. The van der Waals surface area contributed by atoms with E-state index in [2.05, 4.69) is 11.6 Å².